The first kappa shape index (κ1) is 20.5. The number of methoxy groups -OCH3 is 1. The van der Waals surface area contributed by atoms with Crippen molar-refractivity contribution >= 4 is 29.3 Å². The van der Waals surface area contributed by atoms with Gasteiger partial charge in [0.15, 0.2) is 11.5 Å². The van der Waals surface area contributed by atoms with Crippen LogP contribution in [0.2, 0.25) is 5.02 Å². The summed E-state index contributed by atoms with van der Waals surface area (Å²) in [7, 11) is 1.59. The Morgan fingerprint density at radius 2 is 1.79 bits per heavy atom. The fourth-order valence-electron chi connectivity index (χ4n) is 2.71. The molecule has 0 spiro atoms. The second-order valence-electron chi connectivity index (χ2n) is 6.46. The second-order valence-corrected chi connectivity index (χ2v) is 6.90. The topological polar surface area (TPSA) is 47.6 Å². The molecule has 0 aromatic heterocycles. The summed E-state index contributed by atoms with van der Waals surface area (Å²) in [6.07, 6.45) is 3.23. The third-order valence-corrected chi connectivity index (χ3v) is 4.58. The Hall–Kier alpha value is -3.24. The van der Waals surface area contributed by atoms with E-state index in [2.05, 4.69) is 5.32 Å². The van der Waals surface area contributed by atoms with Crippen LogP contribution in [0.3, 0.4) is 0 Å². The molecule has 3 rings (SSSR count). The third-order valence-electron chi connectivity index (χ3n) is 4.33. The number of hydrogen-bond acceptors (Lipinski definition) is 3. The van der Waals surface area contributed by atoms with Crippen LogP contribution in [0.1, 0.15) is 16.7 Å². The Morgan fingerprint density at radius 1 is 1.03 bits per heavy atom. The molecule has 0 radical (unpaired) electrons. The summed E-state index contributed by atoms with van der Waals surface area (Å²) >= 11 is 5.90. The standard InChI is InChI=1S/C24H22ClNO3/c1-17-5-3-4-6-21(17)26-24(27)14-10-18-9-13-22(23(15-18)28-2)29-16-19-7-11-20(25)12-8-19/h3-15H,16H2,1-2H3,(H,26,27). The summed E-state index contributed by atoms with van der Waals surface area (Å²) in [5.74, 6) is 1.03. The van der Waals surface area contributed by atoms with E-state index in [9.17, 15) is 4.79 Å². The van der Waals surface area contributed by atoms with Gasteiger partial charge >= 0.3 is 0 Å². The summed E-state index contributed by atoms with van der Waals surface area (Å²) in [6, 6.07) is 20.7. The van der Waals surface area contributed by atoms with Crippen LogP contribution >= 0.6 is 11.6 Å². The molecule has 29 heavy (non-hydrogen) atoms. The van der Waals surface area contributed by atoms with Gasteiger partial charge in [0.2, 0.25) is 5.91 Å². The van der Waals surface area contributed by atoms with Crippen molar-refractivity contribution in [2.24, 2.45) is 0 Å². The predicted molar refractivity (Wildman–Crippen MR) is 118 cm³/mol. The van der Waals surface area contributed by atoms with Gasteiger partial charge in [-0.15, -0.1) is 0 Å². The molecule has 4 nitrogen and oxygen atoms in total. The van der Waals surface area contributed by atoms with Gasteiger partial charge in [-0.1, -0.05) is 48.0 Å². The van der Waals surface area contributed by atoms with Crippen LogP contribution in [0.5, 0.6) is 11.5 Å². The Bertz CT molecular complexity index is 1010. The number of carbonyl (C=O) groups is 1. The van der Waals surface area contributed by atoms with Crippen LogP contribution in [0.4, 0.5) is 5.69 Å². The van der Waals surface area contributed by atoms with E-state index in [4.69, 9.17) is 21.1 Å². The first-order chi connectivity index (χ1) is 14.0. The van der Waals surface area contributed by atoms with Crippen molar-refractivity contribution in [3.63, 3.8) is 0 Å². The van der Waals surface area contributed by atoms with Crippen molar-refractivity contribution in [3.05, 3.63) is 94.5 Å². The molecule has 0 aliphatic rings. The molecule has 148 valence electrons. The number of para-hydroxylation sites is 1. The predicted octanol–water partition coefficient (Wildman–Crippen LogP) is 5.89. The minimum atomic E-state index is -0.193. The van der Waals surface area contributed by atoms with Gasteiger partial charge in [0, 0.05) is 16.8 Å². The van der Waals surface area contributed by atoms with E-state index in [0.717, 1.165) is 22.4 Å². The van der Waals surface area contributed by atoms with Crippen molar-refractivity contribution in [2.75, 3.05) is 12.4 Å². The lowest BCUT2D eigenvalue weighted by Crippen LogP contribution is -2.08. The SMILES string of the molecule is COc1cc(C=CC(=O)Nc2ccccc2C)ccc1OCc1ccc(Cl)cc1. The molecule has 0 aliphatic heterocycles. The number of aryl methyl sites for hydroxylation is 1. The Balaban J connectivity index is 1.64. The van der Waals surface area contributed by atoms with Gasteiger partial charge in [-0.25, -0.2) is 0 Å². The maximum Gasteiger partial charge on any atom is 0.248 e. The van der Waals surface area contributed by atoms with Crippen molar-refractivity contribution in [3.8, 4) is 11.5 Å². The fourth-order valence-corrected chi connectivity index (χ4v) is 2.83. The number of benzene rings is 3. The lowest BCUT2D eigenvalue weighted by molar-refractivity contribution is -0.111. The average molecular weight is 408 g/mol. The lowest BCUT2D eigenvalue weighted by atomic mass is 10.1. The first-order valence-electron chi connectivity index (χ1n) is 9.15. The van der Waals surface area contributed by atoms with Crippen LogP contribution in [-0.2, 0) is 11.4 Å². The highest BCUT2D eigenvalue weighted by Gasteiger charge is 2.06. The summed E-state index contributed by atoms with van der Waals surface area (Å²) in [5, 5.41) is 3.56. The van der Waals surface area contributed by atoms with Gasteiger partial charge < -0.3 is 14.8 Å². The maximum atomic E-state index is 12.2. The van der Waals surface area contributed by atoms with Crippen molar-refractivity contribution in [1.82, 2.24) is 0 Å². The number of rotatable bonds is 7. The van der Waals surface area contributed by atoms with Crippen LogP contribution in [-0.4, -0.2) is 13.0 Å². The van der Waals surface area contributed by atoms with Gasteiger partial charge in [0.1, 0.15) is 6.61 Å². The molecular formula is C24H22ClNO3. The first-order valence-corrected chi connectivity index (χ1v) is 9.53. The van der Waals surface area contributed by atoms with Crippen molar-refractivity contribution in [2.45, 2.75) is 13.5 Å². The number of carbonyl (C=O) groups excluding carboxylic acids is 1. The minimum absolute atomic E-state index is 0.193. The Kier molecular flexibility index (Phi) is 6.93. The number of anilines is 1. The van der Waals surface area contributed by atoms with E-state index < -0.39 is 0 Å². The third kappa shape index (κ3) is 5.87. The zero-order valence-electron chi connectivity index (χ0n) is 16.3. The van der Waals surface area contributed by atoms with E-state index in [1.807, 2.05) is 73.7 Å². The number of amides is 1. The fraction of sp³-hybridized carbons (Fsp3) is 0.125. The molecule has 0 saturated heterocycles. The highest BCUT2D eigenvalue weighted by molar-refractivity contribution is 6.30. The largest absolute Gasteiger partial charge is 0.493 e. The molecule has 3 aromatic carbocycles. The molecule has 0 saturated carbocycles. The van der Waals surface area contributed by atoms with E-state index in [-0.39, 0.29) is 5.91 Å². The molecule has 0 heterocycles. The van der Waals surface area contributed by atoms with Crippen molar-refractivity contribution < 1.29 is 14.3 Å². The molecule has 0 unspecified atom stereocenters. The monoisotopic (exact) mass is 407 g/mol. The molecule has 0 atom stereocenters. The molecule has 1 N–H and O–H groups in total. The maximum absolute atomic E-state index is 12.2. The number of halogens is 1. The Morgan fingerprint density at radius 3 is 2.52 bits per heavy atom. The average Bonchev–Trinajstić information content (AvgIpc) is 2.74. The van der Waals surface area contributed by atoms with Crippen LogP contribution in [0, 0.1) is 6.92 Å². The van der Waals surface area contributed by atoms with E-state index in [1.165, 1.54) is 6.08 Å². The molecule has 5 heteroatoms. The highest BCUT2D eigenvalue weighted by Crippen LogP contribution is 2.29. The molecular weight excluding hydrogens is 386 g/mol. The number of nitrogens with one attached hydrogen (secondary N) is 1. The molecule has 3 aromatic rings. The number of hydrogen-bond donors (Lipinski definition) is 1. The molecule has 1 amide bonds. The Labute approximate surface area is 175 Å². The van der Waals surface area contributed by atoms with Crippen LogP contribution < -0.4 is 14.8 Å². The zero-order valence-corrected chi connectivity index (χ0v) is 17.1. The smallest absolute Gasteiger partial charge is 0.248 e. The van der Waals surface area contributed by atoms with Gasteiger partial charge in [-0.3, -0.25) is 4.79 Å². The summed E-state index contributed by atoms with van der Waals surface area (Å²) < 4.78 is 11.3. The van der Waals surface area contributed by atoms with Gasteiger partial charge in [-0.05, 0) is 60.0 Å². The van der Waals surface area contributed by atoms with Crippen LogP contribution in [0.25, 0.3) is 6.08 Å². The van der Waals surface area contributed by atoms with E-state index in [0.29, 0.717) is 23.1 Å². The summed E-state index contributed by atoms with van der Waals surface area (Å²) in [5.41, 5.74) is 3.65. The van der Waals surface area contributed by atoms with E-state index in [1.54, 1.807) is 13.2 Å². The quantitative estimate of drug-likeness (QED) is 0.497. The van der Waals surface area contributed by atoms with Crippen LogP contribution in [0.15, 0.2) is 72.8 Å². The second kappa shape index (κ2) is 9.80. The molecule has 0 aliphatic carbocycles. The van der Waals surface area contributed by atoms with Gasteiger partial charge in [-0.2, -0.15) is 0 Å². The molecule has 0 fully saturated rings. The molecule has 0 bridgehead atoms. The van der Waals surface area contributed by atoms with Gasteiger partial charge in [0.25, 0.3) is 0 Å². The van der Waals surface area contributed by atoms with Crippen molar-refractivity contribution in [1.29, 1.82) is 0 Å². The normalized spacial score (nSPS) is 10.7. The van der Waals surface area contributed by atoms with Gasteiger partial charge in [0.05, 0.1) is 7.11 Å². The zero-order chi connectivity index (χ0) is 20.6. The lowest BCUT2D eigenvalue weighted by Gasteiger charge is -2.11. The minimum Gasteiger partial charge on any atom is -0.493 e. The summed E-state index contributed by atoms with van der Waals surface area (Å²) in [6.45, 7) is 2.36. The highest BCUT2D eigenvalue weighted by atomic mass is 35.5. The number of ether oxygens (including phenoxy) is 2. The van der Waals surface area contributed by atoms with E-state index >= 15 is 0 Å². The summed E-state index contributed by atoms with van der Waals surface area (Å²) in [4.78, 5) is 12.2.